The third-order valence-corrected chi connectivity index (χ3v) is 3.15. The van der Waals surface area contributed by atoms with E-state index in [0.29, 0.717) is 0 Å². The van der Waals surface area contributed by atoms with E-state index in [1.54, 1.807) is 7.11 Å². The highest BCUT2D eigenvalue weighted by atomic mass is 79.9. The molecule has 0 unspecified atom stereocenters. The molecular formula is C10H11BrO. The Morgan fingerprint density at radius 2 is 2.00 bits per heavy atom. The molecule has 1 nitrogen and oxygen atoms in total. The normalized spacial score (nSPS) is 19.2. The van der Waals surface area contributed by atoms with Gasteiger partial charge in [0.25, 0.3) is 0 Å². The van der Waals surface area contributed by atoms with Gasteiger partial charge in [0.2, 0.25) is 0 Å². The Balaban J connectivity index is 2.40. The number of rotatable bonds is 2. The van der Waals surface area contributed by atoms with Gasteiger partial charge in [0.15, 0.2) is 0 Å². The van der Waals surface area contributed by atoms with E-state index in [1.807, 2.05) is 6.07 Å². The van der Waals surface area contributed by atoms with Crippen LogP contribution in [0.25, 0.3) is 0 Å². The summed E-state index contributed by atoms with van der Waals surface area (Å²) in [5.41, 5.74) is 1.31. The summed E-state index contributed by atoms with van der Waals surface area (Å²) in [6, 6.07) is 8.27. The zero-order valence-electron chi connectivity index (χ0n) is 7.01. The number of methoxy groups -OCH3 is 1. The molecule has 0 amide bonds. The lowest BCUT2D eigenvalue weighted by atomic mass is 10.1. The van der Waals surface area contributed by atoms with Crippen LogP contribution in [0.15, 0.2) is 28.7 Å². The molecule has 2 heteroatoms. The Kier molecular flexibility index (Phi) is 1.97. The Morgan fingerprint density at radius 1 is 1.33 bits per heavy atom. The zero-order valence-corrected chi connectivity index (χ0v) is 8.60. The lowest BCUT2D eigenvalue weighted by Crippen LogP contribution is -2.09. The molecule has 0 saturated heterocycles. The van der Waals surface area contributed by atoms with Gasteiger partial charge in [0, 0.05) is 11.6 Å². The maximum Gasteiger partial charge on any atom is 0.0940 e. The highest BCUT2D eigenvalue weighted by Crippen LogP contribution is 2.50. The van der Waals surface area contributed by atoms with Gasteiger partial charge in [-0.05, 0) is 24.5 Å². The van der Waals surface area contributed by atoms with Crippen LogP contribution < -0.4 is 0 Å². The molecule has 1 aliphatic carbocycles. The molecule has 0 atom stereocenters. The molecule has 64 valence electrons. The monoisotopic (exact) mass is 226 g/mol. The van der Waals surface area contributed by atoms with Crippen molar-refractivity contribution >= 4 is 15.9 Å². The van der Waals surface area contributed by atoms with Crippen molar-refractivity contribution in [1.29, 1.82) is 0 Å². The summed E-state index contributed by atoms with van der Waals surface area (Å²) < 4.78 is 6.64. The average Bonchev–Trinajstić information content (AvgIpc) is 2.86. The molecule has 1 fully saturated rings. The Bertz CT molecular complexity index is 292. The molecule has 1 aliphatic rings. The molecule has 0 N–H and O–H groups in total. The molecule has 2 rings (SSSR count). The minimum atomic E-state index is 0.0279. The molecule has 0 aliphatic heterocycles. The average molecular weight is 227 g/mol. The van der Waals surface area contributed by atoms with Crippen molar-refractivity contribution in [2.45, 2.75) is 18.4 Å². The largest absolute Gasteiger partial charge is 0.373 e. The van der Waals surface area contributed by atoms with Crippen molar-refractivity contribution in [2.75, 3.05) is 7.11 Å². The summed E-state index contributed by atoms with van der Waals surface area (Å²) in [6.07, 6.45) is 2.29. The summed E-state index contributed by atoms with van der Waals surface area (Å²) in [6.45, 7) is 0. The first-order valence-corrected chi connectivity index (χ1v) is 4.88. The fraction of sp³-hybridized carbons (Fsp3) is 0.400. The minimum Gasteiger partial charge on any atom is -0.373 e. The molecule has 0 bridgehead atoms. The van der Waals surface area contributed by atoms with Crippen LogP contribution in [0.4, 0.5) is 0 Å². The van der Waals surface area contributed by atoms with E-state index in [1.165, 1.54) is 5.56 Å². The van der Waals surface area contributed by atoms with Crippen molar-refractivity contribution in [3.63, 3.8) is 0 Å². The van der Waals surface area contributed by atoms with Gasteiger partial charge in [-0.15, -0.1) is 0 Å². The number of hydrogen-bond acceptors (Lipinski definition) is 1. The molecular weight excluding hydrogens is 216 g/mol. The number of benzene rings is 1. The fourth-order valence-corrected chi connectivity index (χ4v) is 2.17. The van der Waals surface area contributed by atoms with Crippen molar-refractivity contribution in [2.24, 2.45) is 0 Å². The fourth-order valence-electron chi connectivity index (χ4n) is 1.53. The maximum absolute atomic E-state index is 5.49. The topological polar surface area (TPSA) is 9.23 Å². The molecule has 1 aromatic carbocycles. The maximum atomic E-state index is 5.49. The van der Waals surface area contributed by atoms with E-state index < -0.39 is 0 Å². The molecule has 12 heavy (non-hydrogen) atoms. The smallest absolute Gasteiger partial charge is 0.0940 e. The Labute approximate surface area is 80.9 Å². The van der Waals surface area contributed by atoms with Crippen LogP contribution in [0.1, 0.15) is 18.4 Å². The number of ether oxygens (including phenoxy) is 1. The summed E-state index contributed by atoms with van der Waals surface area (Å²) in [4.78, 5) is 0. The van der Waals surface area contributed by atoms with Gasteiger partial charge < -0.3 is 4.74 Å². The first-order chi connectivity index (χ1) is 5.78. The van der Waals surface area contributed by atoms with Crippen LogP contribution in [-0.2, 0) is 10.3 Å². The highest BCUT2D eigenvalue weighted by molar-refractivity contribution is 9.10. The van der Waals surface area contributed by atoms with Gasteiger partial charge in [-0.2, -0.15) is 0 Å². The summed E-state index contributed by atoms with van der Waals surface area (Å²) in [5, 5.41) is 0. The van der Waals surface area contributed by atoms with E-state index >= 15 is 0 Å². The number of halogens is 1. The van der Waals surface area contributed by atoms with Crippen LogP contribution in [0.2, 0.25) is 0 Å². The standard InChI is InChI=1S/C10H11BrO/c1-12-10(6-7-10)8-4-2-3-5-9(8)11/h2-5H,6-7H2,1H3. The van der Waals surface area contributed by atoms with E-state index in [2.05, 4.69) is 34.1 Å². The van der Waals surface area contributed by atoms with Crippen molar-refractivity contribution in [1.82, 2.24) is 0 Å². The van der Waals surface area contributed by atoms with Crippen LogP contribution in [0, 0.1) is 0 Å². The lowest BCUT2D eigenvalue weighted by molar-refractivity contribution is 0.0783. The number of hydrogen-bond donors (Lipinski definition) is 0. The van der Waals surface area contributed by atoms with E-state index in [-0.39, 0.29) is 5.60 Å². The van der Waals surface area contributed by atoms with Crippen LogP contribution in [0.5, 0.6) is 0 Å². The van der Waals surface area contributed by atoms with Gasteiger partial charge >= 0.3 is 0 Å². The van der Waals surface area contributed by atoms with Gasteiger partial charge in [0.1, 0.15) is 0 Å². The van der Waals surface area contributed by atoms with E-state index in [0.717, 1.165) is 17.3 Å². The Morgan fingerprint density at radius 3 is 2.50 bits per heavy atom. The molecule has 1 saturated carbocycles. The van der Waals surface area contributed by atoms with Gasteiger partial charge in [-0.25, -0.2) is 0 Å². The van der Waals surface area contributed by atoms with Crippen molar-refractivity contribution in [3.8, 4) is 0 Å². The second-order valence-electron chi connectivity index (χ2n) is 3.18. The van der Waals surface area contributed by atoms with E-state index in [9.17, 15) is 0 Å². The third-order valence-electron chi connectivity index (χ3n) is 2.46. The highest BCUT2D eigenvalue weighted by Gasteiger charge is 2.45. The van der Waals surface area contributed by atoms with Crippen molar-refractivity contribution < 1.29 is 4.74 Å². The van der Waals surface area contributed by atoms with Crippen LogP contribution >= 0.6 is 15.9 Å². The van der Waals surface area contributed by atoms with Gasteiger partial charge in [0.05, 0.1) is 5.60 Å². The lowest BCUT2D eigenvalue weighted by Gasteiger charge is -2.14. The molecule has 0 spiro atoms. The van der Waals surface area contributed by atoms with Gasteiger partial charge in [-0.1, -0.05) is 34.1 Å². The molecule has 0 aromatic heterocycles. The van der Waals surface area contributed by atoms with Crippen molar-refractivity contribution in [3.05, 3.63) is 34.3 Å². The van der Waals surface area contributed by atoms with Crippen LogP contribution in [-0.4, -0.2) is 7.11 Å². The Hall–Kier alpha value is -0.340. The summed E-state index contributed by atoms with van der Waals surface area (Å²) in [5.74, 6) is 0. The van der Waals surface area contributed by atoms with Crippen LogP contribution in [0.3, 0.4) is 0 Å². The zero-order chi connectivity index (χ0) is 8.60. The molecule has 1 aromatic rings. The third kappa shape index (κ3) is 1.19. The minimum absolute atomic E-state index is 0.0279. The second-order valence-corrected chi connectivity index (χ2v) is 4.03. The quantitative estimate of drug-likeness (QED) is 0.754. The predicted molar refractivity (Wildman–Crippen MR) is 52.1 cm³/mol. The first kappa shape index (κ1) is 8.27. The summed E-state index contributed by atoms with van der Waals surface area (Å²) in [7, 11) is 1.78. The molecule has 0 radical (unpaired) electrons. The summed E-state index contributed by atoms with van der Waals surface area (Å²) >= 11 is 3.53. The predicted octanol–water partition coefficient (Wildman–Crippen LogP) is 3.08. The second kappa shape index (κ2) is 2.86. The first-order valence-electron chi connectivity index (χ1n) is 4.09. The SMILES string of the molecule is COC1(c2ccccc2Br)CC1. The molecule has 0 heterocycles. The van der Waals surface area contributed by atoms with E-state index in [4.69, 9.17) is 4.74 Å². The van der Waals surface area contributed by atoms with Gasteiger partial charge in [-0.3, -0.25) is 0 Å².